The van der Waals surface area contributed by atoms with Gasteiger partial charge in [-0.3, -0.25) is 9.59 Å². The molecule has 0 radical (unpaired) electrons. The molecule has 7 nitrogen and oxygen atoms in total. The number of rotatable bonds is 5. The highest BCUT2D eigenvalue weighted by atomic mass is 32.2. The number of anilines is 1. The van der Waals surface area contributed by atoms with Gasteiger partial charge in [-0.2, -0.15) is 13.2 Å². The molecule has 0 aromatic heterocycles. The summed E-state index contributed by atoms with van der Waals surface area (Å²) in [6.45, 7) is 1.80. The number of ether oxygens (including phenoxy) is 1. The molecule has 0 bridgehead atoms. The summed E-state index contributed by atoms with van der Waals surface area (Å²) in [7, 11) is -3.72. The summed E-state index contributed by atoms with van der Waals surface area (Å²) in [5, 5.41) is 0. The fourth-order valence-corrected chi connectivity index (χ4v) is 4.70. The molecule has 2 aliphatic heterocycles. The minimum Gasteiger partial charge on any atom is -0.480 e. The summed E-state index contributed by atoms with van der Waals surface area (Å²) in [5.41, 5.74) is 2.13. The molecule has 0 N–H and O–H groups in total. The molecule has 1 fully saturated rings. The molecule has 11 heteroatoms. The third-order valence-electron chi connectivity index (χ3n) is 5.96. The lowest BCUT2D eigenvalue weighted by Gasteiger charge is -2.22. The van der Waals surface area contributed by atoms with Crippen molar-refractivity contribution in [2.75, 3.05) is 17.7 Å². The van der Waals surface area contributed by atoms with Gasteiger partial charge in [-0.05, 0) is 54.8 Å². The Bertz CT molecular complexity index is 1260. The molecule has 1 saturated heterocycles. The van der Waals surface area contributed by atoms with E-state index in [0.29, 0.717) is 13.0 Å². The standard InChI is InChI=1S/C23H23F3N2O5S/c1-14(23(24,25)26)33-20-8-7-18(34(2,31)32)11-19(20)22(30)27-12-15-5-6-17(10-16(15)13-27)28-9-3-4-21(28)29/h5-8,10-11,14H,3-4,9,12-13H2,1-2H3/t14-/m0/s1. The first kappa shape index (κ1) is 24.1. The van der Waals surface area contributed by atoms with Crippen LogP contribution in [0.5, 0.6) is 5.75 Å². The number of benzene rings is 2. The molecule has 2 aliphatic rings. The third-order valence-corrected chi connectivity index (χ3v) is 7.07. The van der Waals surface area contributed by atoms with Gasteiger partial charge in [0.2, 0.25) is 5.91 Å². The van der Waals surface area contributed by atoms with Crippen LogP contribution in [-0.2, 0) is 27.7 Å². The van der Waals surface area contributed by atoms with Gasteiger partial charge in [-0.1, -0.05) is 6.07 Å². The van der Waals surface area contributed by atoms with Crippen LogP contribution >= 0.6 is 0 Å². The summed E-state index contributed by atoms with van der Waals surface area (Å²) in [6, 6.07) is 8.70. The summed E-state index contributed by atoms with van der Waals surface area (Å²) in [6.07, 6.45) is -4.65. The number of carbonyl (C=O) groups is 2. The minimum atomic E-state index is -4.66. The zero-order valence-corrected chi connectivity index (χ0v) is 19.4. The van der Waals surface area contributed by atoms with E-state index < -0.39 is 28.0 Å². The average Bonchev–Trinajstić information content (AvgIpc) is 3.37. The second-order valence-corrected chi connectivity index (χ2v) is 10.5. The predicted octanol–water partition coefficient (Wildman–Crippen LogP) is 3.70. The molecule has 2 aromatic carbocycles. The van der Waals surface area contributed by atoms with Gasteiger partial charge in [-0.15, -0.1) is 0 Å². The molecule has 4 rings (SSSR count). The van der Waals surface area contributed by atoms with Crippen molar-refractivity contribution in [2.45, 2.75) is 50.0 Å². The van der Waals surface area contributed by atoms with Gasteiger partial charge in [0.1, 0.15) is 5.75 Å². The maximum atomic E-state index is 13.3. The average molecular weight is 497 g/mol. The molecule has 182 valence electrons. The van der Waals surface area contributed by atoms with Gasteiger partial charge in [0.05, 0.1) is 10.5 Å². The molecule has 2 amide bonds. The van der Waals surface area contributed by atoms with Gasteiger partial charge in [0.15, 0.2) is 15.9 Å². The van der Waals surface area contributed by atoms with Crippen LogP contribution in [0.4, 0.5) is 18.9 Å². The Morgan fingerprint density at radius 1 is 1.09 bits per heavy atom. The van der Waals surface area contributed by atoms with E-state index in [1.165, 1.54) is 4.90 Å². The van der Waals surface area contributed by atoms with Crippen molar-refractivity contribution < 1.29 is 35.9 Å². The van der Waals surface area contributed by atoms with E-state index in [1.807, 2.05) is 12.1 Å². The Hall–Kier alpha value is -3.08. The van der Waals surface area contributed by atoms with E-state index in [9.17, 15) is 31.2 Å². The topological polar surface area (TPSA) is 84.0 Å². The molecular formula is C23H23F3N2O5S. The van der Waals surface area contributed by atoms with Crippen LogP contribution in [-0.4, -0.2) is 50.2 Å². The van der Waals surface area contributed by atoms with Crippen molar-refractivity contribution in [3.05, 3.63) is 53.1 Å². The molecule has 0 aliphatic carbocycles. The van der Waals surface area contributed by atoms with Crippen molar-refractivity contribution in [3.63, 3.8) is 0 Å². The third kappa shape index (κ3) is 4.75. The van der Waals surface area contributed by atoms with Crippen molar-refractivity contribution in [1.82, 2.24) is 4.90 Å². The van der Waals surface area contributed by atoms with E-state index in [-0.39, 0.29) is 35.2 Å². The van der Waals surface area contributed by atoms with Crippen molar-refractivity contribution in [2.24, 2.45) is 0 Å². The second kappa shape index (κ2) is 8.61. The Morgan fingerprint density at radius 3 is 2.41 bits per heavy atom. The van der Waals surface area contributed by atoms with Gasteiger partial charge in [-0.25, -0.2) is 8.42 Å². The van der Waals surface area contributed by atoms with E-state index in [1.54, 1.807) is 11.0 Å². The van der Waals surface area contributed by atoms with Gasteiger partial charge < -0.3 is 14.5 Å². The number of hydrogen-bond acceptors (Lipinski definition) is 5. The summed E-state index contributed by atoms with van der Waals surface area (Å²) in [5.74, 6) is -0.963. The van der Waals surface area contributed by atoms with Crippen molar-refractivity contribution in [1.29, 1.82) is 0 Å². The number of amides is 2. The Labute approximate surface area is 195 Å². The van der Waals surface area contributed by atoms with E-state index >= 15 is 0 Å². The second-order valence-electron chi connectivity index (χ2n) is 8.49. The number of carbonyl (C=O) groups excluding carboxylic acids is 2. The minimum absolute atomic E-state index is 0.0315. The molecule has 0 saturated carbocycles. The smallest absolute Gasteiger partial charge is 0.425 e. The van der Waals surface area contributed by atoms with E-state index in [0.717, 1.165) is 54.6 Å². The van der Waals surface area contributed by atoms with Crippen LogP contribution < -0.4 is 9.64 Å². The van der Waals surface area contributed by atoms with Crippen LogP contribution in [0.2, 0.25) is 0 Å². The van der Waals surface area contributed by atoms with E-state index in [2.05, 4.69) is 0 Å². The quantitative estimate of drug-likeness (QED) is 0.630. The fourth-order valence-electron chi connectivity index (χ4n) is 4.05. The number of sulfone groups is 1. The summed E-state index contributed by atoms with van der Waals surface area (Å²) < 4.78 is 68.2. The maximum absolute atomic E-state index is 13.3. The van der Waals surface area contributed by atoms with E-state index in [4.69, 9.17) is 4.74 Å². The molecule has 1 atom stereocenters. The SMILES string of the molecule is C[C@H](Oc1ccc(S(C)(=O)=O)cc1C(=O)N1Cc2ccc(N3CCCC3=O)cc2C1)C(F)(F)F. The Kier molecular flexibility index (Phi) is 6.09. The molecule has 0 unspecified atom stereocenters. The number of nitrogens with zero attached hydrogens (tertiary/aromatic N) is 2. The first-order valence-electron chi connectivity index (χ1n) is 10.6. The highest BCUT2D eigenvalue weighted by molar-refractivity contribution is 7.90. The van der Waals surface area contributed by atoms with Crippen molar-refractivity contribution >= 4 is 27.3 Å². The molecule has 2 aromatic rings. The molecule has 2 heterocycles. The highest BCUT2D eigenvalue weighted by Gasteiger charge is 2.39. The van der Waals surface area contributed by atoms with Crippen LogP contribution in [0.1, 0.15) is 41.3 Å². The predicted molar refractivity (Wildman–Crippen MR) is 117 cm³/mol. The zero-order chi connectivity index (χ0) is 24.8. The van der Waals surface area contributed by atoms with Crippen LogP contribution in [0.15, 0.2) is 41.3 Å². The monoisotopic (exact) mass is 496 g/mol. The summed E-state index contributed by atoms with van der Waals surface area (Å²) >= 11 is 0. The largest absolute Gasteiger partial charge is 0.480 e. The normalized spacial score (nSPS) is 17.1. The van der Waals surface area contributed by atoms with Gasteiger partial charge in [0.25, 0.3) is 5.91 Å². The maximum Gasteiger partial charge on any atom is 0.425 e. The van der Waals surface area contributed by atoms with Crippen LogP contribution in [0.3, 0.4) is 0 Å². The summed E-state index contributed by atoms with van der Waals surface area (Å²) in [4.78, 5) is 28.3. The van der Waals surface area contributed by atoms with Crippen molar-refractivity contribution in [3.8, 4) is 5.75 Å². The number of fused-ring (bicyclic) bond motifs is 1. The first-order valence-corrected chi connectivity index (χ1v) is 12.5. The molecule has 34 heavy (non-hydrogen) atoms. The van der Waals surface area contributed by atoms with Gasteiger partial charge >= 0.3 is 6.18 Å². The van der Waals surface area contributed by atoms with Gasteiger partial charge in [0, 0.05) is 38.0 Å². The Morgan fingerprint density at radius 2 is 1.79 bits per heavy atom. The highest BCUT2D eigenvalue weighted by Crippen LogP contribution is 2.34. The number of alkyl halides is 3. The lowest BCUT2D eigenvalue weighted by atomic mass is 10.1. The van der Waals surface area contributed by atoms with Crippen LogP contribution in [0, 0.1) is 0 Å². The zero-order valence-electron chi connectivity index (χ0n) is 18.6. The molecular weight excluding hydrogens is 473 g/mol. The fraction of sp³-hybridized carbons (Fsp3) is 0.391. The van der Waals surface area contributed by atoms with Crippen LogP contribution in [0.25, 0.3) is 0 Å². The number of hydrogen-bond donors (Lipinski definition) is 0. The number of halogens is 3. The Balaban J connectivity index is 1.63. The lowest BCUT2D eigenvalue weighted by molar-refractivity contribution is -0.189. The first-order chi connectivity index (χ1) is 15.8. The molecule has 0 spiro atoms. The lowest BCUT2D eigenvalue weighted by Crippen LogP contribution is -2.32.